The third kappa shape index (κ3) is 3.30. The number of likely N-dealkylation sites (tertiary alicyclic amines) is 3. The first-order valence-electron chi connectivity index (χ1n) is 9.29. The summed E-state index contributed by atoms with van der Waals surface area (Å²) in [6.07, 6.45) is 2.07. The summed E-state index contributed by atoms with van der Waals surface area (Å²) in [5, 5.41) is 0. The van der Waals surface area contributed by atoms with Crippen LogP contribution < -0.4 is 0 Å². The van der Waals surface area contributed by atoms with Crippen LogP contribution in [0.25, 0.3) is 0 Å². The normalized spacial score (nSPS) is 27.0. The van der Waals surface area contributed by atoms with Crippen molar-refractivity contribution in [1.82, 2.24) is 14.7 Å². The topological polar surface area (TPSA) is 26.8 Å². The van der Waals surface area contributed by atoms with Crippen LogP contribution in [0.4, 0.5) is 0 Å². The van der Waals surface area contributed by atoms with E-state index in [4.69, 9.17) is 0 Å². The van der Waals surface area contributed by atoms with E-state index in [-0.39, 0.29) is 17.0 Å². The van der Waals surface area contributed by atoms with Gasteiger partial charge in [0.05, 0.1) is 0 Å². The van der Waals surface area contributed by atoms with Gasteiger partial charge in [0.25, 0.3) is 0 Å². The first-order valence-corrected chi connectivity index (χ1v) is 9.29. The van der Waals surface area contributed by atoms with E-state index in [0.29, 0.717) is 11.3 Å². The van der Waals surface area contributed by atoms with Gasteiger partial charge in [-0.15, -0.1) is 0 Å². The van der Waals surface area contributed by atoms with E-state index in [0.717, 1.165) is 39.0 Å². The van der Waals surface area contributed by atoms with E-state index < -0.39 is 0 Å². The lowest BCUT2D eigenvalue weighted by atomic mass is 9.70. The van der Waals surface area contributed by atoms with Crippen molar-refractivity contribution >= 4 is 5.91 Å². The minimum absolute atomic E-state index is 0.233. The Bertz CT molecular complexity index is 452. The van der Waals surface area contributed by atoms with Crippen LogP contribution in [0.5, 0.6) is 0 Å². The summed E-state index contributed by atoms with van der Waals surface area (Å²) < 4.78 is 0. The minimum Gasteiger partial charge on any atom is -0.341 e. The molecule has 4 nitrogen and oxygen atoms in total. The largest absolute Gasteiger partial charge is 0.341 e. The van der Waals surface area contributed by atoms with Gasteiger partial charge in [-0.05, 0) is 67.5 Å². The molecule has 1 spiro atoms. The lowest BCUT2D eigenvalue weighted by molar-refractivity contribution is -0.173. The maximum absolute atomic E-state index is 12.7. The molecule has 0 bridgehead atoms. The highest BCUT2D eigenvalue weighted by molar-refractivity contribution is 5.80. The zero-order valence-electron chi connectivity index (χ0n) is 16.0. The quantitative estimate of drug-likeness (QED) is 0.742. The number of carbonyl (C=O) groups is 1. The average molecular weight is 322 g/mol. The first-order chi connectivity index (χ1) is 10.5. The fourth-order valence-corrected chi connectivity index (χ4v) is 4.41. The van der Waals surface area contributed by atoms with Crippen LogP contribution in [-0.4, -0.2) is 71.0 Å². The zero-order chi connectivity index (χ0) is 17.0. The molecular formula is C19H35N3O. The molecule has 0 N–H and O–H groups in total. The summed E-state index contributed by atoms with van der Waals surface area (Å²) in [7, 11) is 0. The Labute approximate surface area is 142 Å². The molecule has 3 aliphatic rings. The van der Waals surface area contributed by atoms with E-state index in [1.165, 1.54) is 13.1 Å². The Morgan fingerprint density at radius 2 is 1.30 bits per heavy atom. The van der Waals surface area contributed by atoms with Gasteiger partial charge in [-0.1, -0.05) is 0 Å². The van der Waals surface area contributed by atoms with E-state index >= 15 is 0 Å². The van der Waals surface area contributed by atoms with E-state index in [1.807, 2.05) is 0 Å². The van der Waals surface area contributed by atoms with Gasteiger partial charge in [0.15, 0.2) is 0 Å². The minimum atomic E-state index is 0.233. The molecule has 3 fully saturated rings. The maximum Gasteiger partial charge on any atom is 0.225 e. The summed E-state index contributed by atoms with van der Waals surface area (Å²) in [5.74, 6) is 0.697. The van der Waals surface area contributed by atoms with Gasteiger partial charge in [-0.3, -0.25) is 14.6 Å². The third-order valence-corrected chi connectivity index (χ3v) is 6.16. The molecule has 3 saturated heterocycles. The van der Waals surface area contributed by atoms with Crippen molar-refractivity contribution in [2.24, 2.45) is 11.3 Å². The molecule has 23 heavy (non-hydrogen) atoms. The Morgan fingerprint density at radius 3 is 1.74 bits per heavy atom. The molecular weight excluding hydrogens is 286 g/mol. The van der Waals surface area contributed by atoms with Gasteiger partial charge in [-0.2, -0.15) is 0 Å². The Hall–Kier alpha value is -0.610. The molecule has 0 aromatic heterocycles. The van der Waals surface area contributed by atoms with Crippen molar-refractivity contribution in [2.75, 3.05) is 39.3 Å². The van der Waals surface area contributed by atoms with Gasteiger partial charge in [0.2, 0.25) is 5.91 Å². The van der Waals surface area contributed by atoms with Gasteiger partial charge in [0, 0.05) is 48.6 Å². The number of hydrogen-bond acceptors (Lipinski definition) is 3. The van der Waals surface area contributed by atoms with Crippen molar-refractivity contribution in [2.45, 2.75) is 65.5 Å². The maximum atomic E-state index is 12.7. The summed E-state index contributed by atoms with van der Waals surface area (Å²) in [6.45, 7) is 20.1. The molecule has 3 aliphatic heterocycles. The van der Waals surface area contributed by atoms with E-state index in [2.05, 4.69) is 56.2 Å². The number of nitrogens with zero attached hydrogens (tertiary/aromatic N) is 3. The van der Waals surface area contributed by atoms with E-state index in [1.54, 1.807) is 0 Å². The molecule has 3 rings (SSSR count). The van der Waals surface area contributed by atoms with Crippen molar-refractivity contribution in [3.63, 3.8) is 0 Å². The summed E-state index contributed by atoms with van der Waals surface area (Å²) in [5.41, 5.74) is 0.932. The molecule has 0 atom stereocenters. The fourth-order valence-electron chi connectivity index (χ4n) is 4.41. The van der Waals surface area contributed by atoms with Crippen LogP contribution in [0.2, 0.25) is 0 Å². The second-order valence-corrected chi connectivity index (χ2v) is 10.2. The predicted molar refractivity (Wildman–Crippen MR) is 94.4 cm³/mol. The van der Waals surface area contributed by atoms with Crippen LogP contribution in [0.1, 0.15) is 54.4 Å². The number of hydrogen-bond donors (Lipinski definition) is 0. The number of amides is 1. The van der Waals surface area contributed by atoms with Crippen LogP contribution in [0, 0.1) is 11.3 Å². The lowest BCUT2D eigenvalue weighted by Crippen LogP contribution is -2.75. The molecule has 132 valence electrons. The van der Waals surface area contributed by atoms with Crippen LogP contribution >= 0.6 is 0 Å². The van der Waals surface area contributed by atoms with Gasteiger partial charge < -0.3 is 4.90 Å². The molecule has 1 amide bonds. The lowest BCUT2D eigenvalue weighted by Gasteiger charge is -2.63. The third-order valence-electron chi connectivity index (χ3n) is 6.16. The Morgan fingerprint density at radius 1 is 0.826 bits per heavy atom. The van der Waals surface area contributed by atoms with Crippen molar-refractivity contribution in [3.05, 3.63) is 0 Å². The average Bonchev–Trinajstić information content (AvgIpc) is 2.32. The second kappa shape index (κ2) is 5.45. The molecule has 0 aliphatic carbocycles. The molecule has 0 saturated carbocycles. The smallest absolute Gasteiger partial charge is 0.225 e. The number of piperidine rings is 1. The fraction of sp³-hybridized carbons (Fsp3) is 0.947. The molecule has 4 heteroatoms. The summed E-state index contributed by atoms with van der Waals surface area (Å²) in [6, 6.07) is 0. The highest BCUT2D eigenvalue weighted by Crippen LogP contribution is 2.43. The van der Waals surface area contributed by atoms with Crippen molar-refractivity contribution in [3.8, 4) is 0 Å². The molecule has 0 radical (unpaired) electrons. The van der Waals surface area contributed by atoms with Crippen LogP contribution in [0.3, 0.4) is 0 Å². The SMILES string of the molecule is CC(C)(C)N1CCC(C(=O)N2CC3(C2)CN(C(C)(C)C)C3)CC1. The summed E-state index contributed by atoms with van der Waals surface area (Å²) >= 11 is 0. The van der Waals surface area contributed by atoms with Crippen LogP contribution in [-0.2, 0) is 4.79 Å². The van der Waals surface area contributed by atoms with Crippen molar-refractivity contribution in [1.29, 1.82) is 0 Å². The van der Waals surface area contributed by atoms with E-state index in [9.17, 15) is 4.79 Å². The molecule has 3 heterocycles. The highest BCUT2D eigenvalue weighted by Gasteiger charge is 2.55. The van der Waals surface area contributed by atoms with Crippen molar-refractivity contribution < 1.29 is 4.79 Å². The number of carbonyl (C=O) groups excluding carboxylic acids is 1. The van der Waals surface area contributed by atoms with Gasteiger partial charge in [-0.25, -0.2) is 0 Å². The molecule has 0 aromatic carbocycles. The zero-order valence-corrected chi connectivity index (χ0v) is 16.0. The summed E-state index contributed by atoms with van der Waals surface area (Å²) in [4.78, 5) is 19.9. The first kappa shape index (κ1) is 17.2. The van der Waals surface area contributed by atoms with Gasteiger partial charge >= 0.3 is 0 Å². The standard InChI is InChI=1S/C19H35N3O/c1-17(2,3)21-9-7-15(8-10-21)16(23)20-11-19(12-20)13-22(14-19)18(4,5)6/h15H,7-14H2,1-6H3. The predicted octanol–water partition coefficient (Wildman–Crippen LogP) is 2.44. The monoisotopic (exact) mass is 321 g/mol. The highest BCUT2D eigenvalue weighted by atomic mass is 16.2. The molecule has 0 unspecified atom stereocenters. The van der Waals surface area contributed by atoms with Gasteiger partial charge in [0.1, 0.15) is 0 Å². The number of rotatable bonds is 1. The second-order valence-electron chi connectivity index (χ2n) is 10.2. The molecule has 0 aromatic rings. The Kier molecular flexibility index (Phi) is 4.08. The van der Waals surface area contributed by atoms with Crippen LogP contribution in [0.15, 0.2) is 0 Å². The Balaban J connectivity index is 1.44.